The molecule has 3 N–H and O–H groups in total. The first-order valence-electron chi connectivity index (χ1n) is 7.33. The van der Waals surface area contributed by atoms with Crippen LogP contribution in [0.3, 0.4) is 0 Å². The van der Waals surface area contributed by atoms with E-state index in [1.807, 2.05) is 51.2 Å². The van der Waals surface area contributed by atoms with E-state index < -0.39 is 0 Å². The van der Waals surface area contributed by atoms with Gasteiger partial charge in [0.15, 0.2) is 5.11 Å². The van der Waals surface area contributed by atoms with E-state index >= 15 is 0 Å². The number of aryl methyl sites for hydroxylation is 2. The van der Waals surface area contributed by atoms with Crippen molar-refractivity contribution in [3.63, 3.8) is 0 Å². The maximum Gasteiger partial charge on any atom is 0.243 e. The zero-order chi connectivity index (χ0) is 16.8. The van der Waals surface area contributed by atoms with Gasteiger partial charge in [-0.3, -0.25) is 9.48 Å². The molecule has 0 fully saturated rings. The molecule has 0 saturated carbocycles. The van der Waals surface area contributed by atoms with Gasteiger partial charge in [0.1, 0.15) is 0 Å². The number of thiocarbonyl (C=S) groups is 1. The van der Waals surface area contributed by atoms with Gasteiger partial charge in [0.25, 0.3) is 0 Å². The quantitative estimate of drug-likeness (QED) is 0.727. The minimum Gasteiger partial charge on any atom is -0.359 e. The molecule has 0 bridgehead atoms. The van der Waals surface area contributed by atoms with Crippen molar-refractivity contribution < 1.29 is 4.79 Å². The van der Waals surface area contributed by atoms with Gasteiger partial charge in [0.05, 0.1) is 23.6 Å². The summed E-state index contributed by atoms with van der Waals surface area (Å²) >= 11 is 5.17. The monoisotopic (exact) mass is 331 g/mol. The summed E-state index contributed by atoms with van der Waals surface area (Å²) in [4.78, 5) is 12.0. The Morgan fingerprint density at radius 1 is 1.22 bits per heavy atom. The van der Waals surface area contributed by atoms with Crippen LogP contribution in [-0.2, 0) is 18.4 Å². The molecule has 0 aliphatic heterocycles. The third kappa shape index (κ3) is 4.79. The molecule has 0 spiro atoms. The fourth-order valence-electron chi connectivity index (χ4n) is 2.14. The van der Waals surface area contributed by atoms with Crippen LogP contribution in [0.4, 0.5) is 5.69 Å². The highest BCUT2D eigenvalue weighted by Gasteiger charge is 2.12. The van der Waals surface area contributed by atoms with Gasteiger partial charge >= 0.3 is 0 Å². The average Bonchev–Trinajstić information content (AvgIpc) is 2.78. The number of rotatable bonds is 5. The Hall–Kier alpha value is -2.41. The lowest BCUT2D eigenvalue weighted by Gasteiger charge is -2.11. The lowest BCUT2D eigenvalue weighted by atomic mass is 10.2. The largest absolute Gasteiger partial charge is 0.359 e. The van der Waals surface area contributed by atoms with E-state index in [1.54, 1.807) is 4.68 Å². The summed E-state index contributed by atoms with van der Waals surface area (Å²) in [7, 11) is 1.85. The van der Waals surface area contributed by atoms with Crippen LogP contribution in [-0.4, -0.2) is 27.3 Å². The van der Waals surface area contributed by atoms with Crippen LogP contribution in [0.5, 0.6) is 0 Å². The summed E-state index contributed by atoms with van der Waals surface area (Å²) in [6, 6.07) is 9.93. The number of hydrogen-bond donors (Lipinski definition) is 3. The molecule has 0 unspecified atom stereocenters. The van der Waals surface area contributed by atoms with Crippen LogP contribution in [0.15, 0.2) is 30.3 Å². The van der Waals surface area contributed by atoms with Gasteiger partial charge in [-0.25, -0.2) is 0 Å². The van der Waals surface area contributed by atoms with E-state index in [2.05, 4.69) is 21.0 Å². The number of amides is 1. The van der Waals surface area contributed by atoms with Crippen molar-refractivity contribution in [1.82, 2.24) is 20.4 Å². The Kier molecular flexibility index (Phi) is 5.70. The number of carbonyl (C=O) groups is 1. The van der Waals surface area contributed by atoms with Crippen molar-refractivity contribution in [1.29, 1.82) is 0 Å². The highest BCUT2D eigenvalue weighted by atomic mass is 32.1. The van der Waals surface area contributed by atoms with E-state index in [0.717, 1.165) is 22.6 Å². The molecule has 7 heteroatoms. The highest BCUT2D eigenvalue weighted by molar-refractivity contribution is 7.80. The van der Waals surface area contributed by atoms with Gasteiger partial charge < -0.3 is 16.0 Å². The third-order valence-electron chi connectivity index (χ3n) is 3.48. The second-order valence-corrected chi connectivity index (χ2v) is 5.65. The molecule has 23 heavy (non-hydrogen) atoms. The Balaban J connectivity index is 1.76. The Morgan fingerprint density at radius 3 is 2.52 bits per heavy atom. The lowest BCUT2D eigenvalue weighted by molar-refractivity contribution is -0.115. The predicted octanol–water partition coefficient (Wildman–Crippen LogP) is 1.64. The first-order valence-corrected chi connectivity index (χ1v) is 7.74. The molecule has 0 radical (unpaired) electrons. The summed E-state index contributed by atoms with van der Waals surface area (Å²) < 4.78 is 1.74. The topological polar surface area (TPSA) is 71.0 Å². The van der Waals surface area contributed by atoms with Gasteiger partial charge in [-0.2, -0.15) is 5.10 Å². The molecule has 0 atom stereocenters. The number of nitrogens with zero attached hydrogens (tertiary/aromatic N) is 2. The second-order valence-electron chi connectivity index (χ2n) is 5.24. The lowest BCUT2D eigenvalue weighted by Crippen LogP contribution is -2.39. The standard InChI is InChI=1S/C16H21N5OS/c1-11-15(12(2)21(3)20-11)19-14(22)10-18-16(23)17-9-13-7-5-4-6-8-13/h4-8H,9-10H2,1-3H3,(H,19,22)(H2,17,18,23). The van der Waals surface area contributed by atoms with Gasteiger partial charge in [-0.1, -0.05) is 30.3 Å². The molecule has 0 saturated heterocycles. The number of nitrogens with one attached hydrogen (secondary N) is 3. The Labute approximate surface area is 141 Å². The maximum atomic E-state index is 12.0. The van der Waals surface area contributed by atoms with Crippen LogP contribution in [0, 0.1) is 13.8 Å². The summed E-state index contributed by atoms with van der Waals surface area (Å²) in [5.74, 6) is -0.159. The van der Waals surface area contributed by atoms with Crippen LogP contribution in [0.25, 0.3) is 0 Å². The van der Waals surface area contributed by atoms with Crippen molar-refractivity contribution in [2.75, 3.05) is 11.9 Å². The number of hydrogen-bond acceptors (Lipinski definition) is 3. The van der Waals surface area contributed by atoms with Gasteiger partial charge in [0.2, 0.25) is 5.91 Å². The average molecular weight is 331 g/mol. The molecule has 6 nitrogen and oxygen atoms in total. The number of aromatic nitrogens is 2. The maximum absolute atomic E-state index is 12.0. The van der Waals surface area contributed by atoms with Crippen LogP contribution in [0.1, 0.15) is 17.0 Å². The Morgan fingerprint density at radius 2 is 1.91 bits per heavy atom. The minimum absolute atomic E-state index is 0.106. The SMILES string of the molecule is Cc1nn(C)c(C)c1NC(=O)CNC(=S)NCc1ccccc1. The predicted molar refractivity (Wildman–Crippen MR) is 95.2 cm³/mol. The van der Waals surface area contributed by atoms with E-state index in [0.29, 0.717) is 11.7 Å². The van der Waals surface area contributed by atoms with Crippen molar-refractivity contribution in [3.05, 3.63) is 47.3 Å². The molecule has 1 heterocycles. The summed E-state index contributed by atoms with van der Waals surface area (Å²) in [6.45, 7) is 4.50. The molecular weight excluding hydrogens is 310 g/mol. The molecule has 122 valence electrons. The zero-order valence-electron chi connectivity index (χ0n) is 13.5. The van der Waals surface area contributed by atoms with Crippen molar-refractivity contribution in [2.45, 2.75) is 20.4 Å². The van der Waals surface area contributed by atoms with E-state index in [-0.39, 0.29) is 12.5 Å². The molecule has 1 amide bonds. The van der Waals surface area contributed by atoms with Crippen LogP contribution < -0.4 is 16.0 Å². The number of anilines is 1. The molecule has 0 aliphatic rings. The normalized spacial score (nSPS) is 10.2. The zero-order valence-corrected chi connectivity index (χ0v) is 14.3. The van der Waals surface area contributed by atoms with Crippen molar-refractivity contribution >= 4 is 28.9 Å². The fourth-order valence-corrected chi connectivity index (χ4v) is 2.28. The van der Waals surface area contributed by atoms with Crippen LogP contribution >= 0.6 is 12.2 Å². The summed E-state index contributed by atoms with van der Waals surface area (Å²) in [5.41, 5.74) is 3.59. The van der Waals surface area contributed by atoms with Crippen LogP contribution in [0.2, 0.25) is 0 Å². The van der Waals surface area contributed by atoms with Gasteiger partial charge in [-0.05, 0) is 31.6 Å². The van der Waals surface area contributed by atoms with Crippen molar-refractivity contribution in [2.24, 2.45) is 7.05 Å². The molecule has 0 aliphatic carbocycles. The van der Waals surface area contributed by atoms with E-state index in [4.69, 9.17) is 12.2 Å². The minimum atomic E-state index is -0.159. The van der Waals surface area contributed by atoms with Crippen molar-refractivity contribution in [3.8, 4) is 0 Å². The number of benzene rings is 1. The van der Waals surface area contributed by atoms with E-state index in [1.165, 1.54) is 0 Å². The third-order valence-corrected chi connectivity index (χ3v) is 3.77. The summed E-state index contributed by atoms with van der Waals surface area (Å²) in [5, 5.41) is 13.5. The smallest absolute Gasteiger partial charge is 0.243 e. The molecule has 1 aromatic heterocycles. The fraction of sp³-hybridized carbons (Fsp3) is 0.312. The molecule has 1 aromatic carbocycles. The Bertz CT molecular complexity index is 696. The number of carbonyl (C=O) groups excluding carboxylic acids is 1. The van der Waals surface area contributed by atoms with Gasteiger partial charge in [0, 0.05) is 13.6 Å². The second kappa shape index (κ2) is 7.73. The highest BCUT2D eigenvalue weighted by Crippen LogP contribution is 2.17. The van der Waals surface area contributed by atoms with E-state index in [9.17, 15) is 4.79 Å². The first-order chi connectivity index (χ1) is 11.0. The summed E-state index contributed by atoms with van der Waals surface area (Å²) in [6.07, 6.45) is 0. The molecule has 2 aromatic rings. The molecule has 2 rings (SSSR count). The van der Waals surface area contributed by atoms with Gasteiger partial charge in [-0.15, -0.1) is 0 Å². The first kappa shape index (κ1) is 17.0. The molecular formula is C16H21N5OS.